The number of phenolic OH excluding ortho intramolecular Hbond substituents is 1. The van der Waals surface area contributed by atoms with Crippen LogP contribution in [-0.2, 0) is 0 Å². The summed E-state index contributed by atoms with van der Waals surface area (Å²) in [5.74, 6) is 0.293. The molecule has 0 amide bonds. The third-order valence-electron chi connectivity index (χ3n) is 2.12. The summed E-state index contributed by atoms with van der Waals surface area (Å²) in [7, 11) is 0. The van der Waals surface area contributed by atoms with Gasteiger partial charge in [-0.2, -0.15) is 0 Å². The number of phenols is 1. The fourth-order valence-electron chi connectivity index (χ4n) is 1.46. The molecule has 0 aromatic heterocycles. The molecule has 64 valence electrons. The summed E-state index contributed by atoms with van der Waals surface area (Å²) >= 11 is 0. The number of aromatic hydroxyl groups is 1. The first kappa shape index (κ1) is 7.87. The number of hydrogen-bond acceptors (Lipinski definition) is 1. The summed E-state index contributed by atoms with van der Waals surface area (Å²) in [4.78, 5) is 0. The van der Waals surface area contributed by atoms with E-state index in [4.69, 9.17) is 0 Å². The summed E-state index contributed by atoms with van der Waals surface area (Å²) in [6.07, 6.45) is 1.79. The molecule has 0 unspecified atom stereocenters. The van der Waals surface area contributed by atoms with E-state index in [2.05, 4.69) is 6.58 Å². The summed E-state index contributed by atoms with van der Waals surface area (Å²) in [5.41, 5.74) is 1.05. The van der Waals surface area contributed by atoms with Gasteiger partial charge in [-0.05, 0) is 28.5 Å². The Morgan fingerprint density at radius 2 is 2.00 bits per heavy atom. The molecular weight excluding hydrogens is 160 g/mol. The SMILES string of the molecule is C=Cc1cccc2ccc(O)cc12. The van der Waals surface area contributed by atoms with Crippen molar-refractivity contribution in [3.63, 3.8) is 0 Å². The number of benzene rings is 2. The van der Waals surface area contributed by atoms with E-state index >= 15 is 0 Å². The zero-order valence-corrected chi connectivity index (χ0v) is 7.20. The zero-order chi connectivity index (χ0) is 9.26. The van der Waals surface area contributed by atoms with Crippen LogP contribution in [-0.4, -0.2) is 5.11 Å². The van der Waals surface area contributed by atoms with Crippen molar-refractivity contribution in [2.45, 2.75) is 0 Å². The van der Waals surface area contributed by atoms with Gasteiger partial charge in [0.15, 0.2) is 0 Å². The maximum absolute atomic E-state index is 9.32. The average molecular weight is 170 g/mol. The molecule has 0 spiro atoms. The molecule has 1 N–H and O–H groups in total. The van der Waals surface area contributed by atoms with Crippen molar-refractivity contribution in [2.75, 3.05) is 0 Å². The Morgan fingerprint density at radius 1 is 1.15 bits per heavy atom. The van der Waals surface area contributed by atoms with Gasteiger partial charge in [-0.3, -0.25) is 0 Å². The van der Waals surface area contributed by atoms with Crippen LogP contribution in [0.4, 0.5) is 0 Å². The van der Waals surface area contributed by atoms with E-state index < -0.39 is 0 Å². The van der Waals surface area contributed by atoms with Crippen molar-refractivity contribution in [3.8, 4) is 5.75 Å². The Labute approximate surface area is 76.9 Å². The molecule has 0 heterocycles. The van der Waals surface area contributed by atoms with Gasteiger partial charge in [0, 0.05) is 0 Å². The smallest absolute Gasteiger partial charge is 0.116 e. The summed E-state index contributed by atoms with van der Waals surface area (Å²) in [6.45, 7) is 3.73. The molecule has 2 aromatic rings. The highest BCUT2D eigenvalue weighted by Crippen LogP contribution is 2.23. The molecule has 13 heavy (non-hydrogen) atoms. The molecule has 0 bridgehead atoms. The Kier molecular flexibility index (Phi) is 1.78. The van der Waals surface area contributed by atoms with Crippen LogP contribution in [0.2, 0.25) is 0 Å². The molecule has 0 aliphatic rings. The van der Waals surface area contributed by atoms with E-state index in [9.17, 15) is 5.11 Å². The molecule has 1 heteroatoms. The molecule has 1 nitrogen and oxygen atoms in total. The summed E-state index contributed by atoms with van der Waals surface area (Å²) in [6, 6.07) is 11.3. The van der Waals surface area contributed by atoms with Crippen LogP contribution in [0.3, 0.4) is 0 Å². The Balaban J connectivity index is 2.86. The van der Waals surface area contributed by atoms with Crippen molar-refractivity contribution < 1.29 is 5.11 Å². The minimum absolute atomic E-state index is 0.293. The first-order valence-corrected chi connectivity index (χ1v) is 4.15. The standard InChI is InChI=1S/C12H10O/c1-2-9-4-3-5-10-6-7-11(13)8-12(9)10/h2-8,13H,1H2. The quantitative estimate of drug-likeness (QED) is 0.696. The van der Waals surface area contributed by atoms with Gasteiger partial charge in [0.2, 0.25) is 0 Å². The van der Waals surface area contributed by atoms with E-state index in [0.29, 0.717) is 5.75 Å². The Morgan fingerprint density at radius 3 is 2.77 bits per heavy atom. The fraction of sp³-hybridized carbons (Fsp3) is 0. The van der Waals surface area contributed by atoms with Crippen LogP contribution in [0.25, 0.3) is 16.8 Å². The minimum atomic E-state index is 0.293. The fourth-order valence-corrected chi connectivity index (χ4v) is 1.46. The lowest BCUT2D eigenvalue weighted by atomic mass is 10.0. The number of rotatable bonds is 1. The van der Waals surface area contributed by atoms with E-state index in [1.165, 1.54) is 0 Å². The molecule has 0 fully saturated rings. The number of hydrogen-bond donors (Lipinski definition) is 1. The summed E-state index contributed by atoms with van der Waals surface area (Å²) < 4.78 is 0. The van der Waals surface area contributed by atoms with Crippen LogP contribution in [0.1, 0.15) is 5.56 Å². The first-order chi connectivity index (χ1) is 6.31. The normalized spacial score (nSPS) is 10.2. The molecule has 0 saturated carbocycles. The van der Waals surface area contributed by atoms with Crippen molar-refractivity contribution in [1.82, 2.24) is 0 Å². The highest BCUT2D eigenvalue weighted by atomic mass is 16.3. The second-order valence-corrected chi connectivity index (χ2v) is 2.96. The number of fused-ring (bicyclic) bond motifs is 1. The van der Waals surface area contributed by atoms with Crippen LogP contribution in [0.15, 0.2) is 43.0 Å². The van der Waals surface area contributed by atoms with Gasteiger partial charge in [-0.15, -0.1) is 0 Å². The molecule has 0 aliphatic carbocycles. The first-order valence-electron chi connectivity index (χ1n) is 4.15. The lowest BCUT2D eigenvalue weighted by Crippen LogP contribution is -1.77. The topological polar surface area (TPSA) is 20.2 Å². The van der Waals surface area contributed by atoms with Crippen molar-refractivity contribution in [3.05, 3.63) is 48.5 Å². The predicted octanol–water partition coefficient (Wildman–Crippen LogP) is 3.19. The Bertz CT molecular complexity index is 458. The van der Waals surface area contributed by atoms with Crippen LogP contribution in [0, 0.1) is 0 Å². The van der Waals surface area contributed by atoms with Crippen LogP contribution in [0.5, 0.6) is 5.75 Å². The maximum atomic E-state index is 9.32. The van der Waals surface area contributed by atoms with Crippen molar-refractivity contribution in [2.24, 2.45) is 0 Å². The lowest BCUT2D eigenvalue weighted by Gasteiger charge is -2.01. The summed E-state index contributed by atoms with van der Waals surface area (Å²) in [5, 5.41) is 11.5. The van der Waals surface area contributed by atoms with Gasteiger partial charge in [0.1, 0.15) is 5.75 Å². The van der Waals surface area contributed by atoms with Gasteiger partial charge in [-0.25, -0.2) is 0 Å². The molecule has 0 atom stereocenters. The molecule has 2 aromatic carbocycles. The highest BCUT2D eigenvalue weighted by Gasteiger charge is 1.97. The highest BCUT2D eigenvalue weighted by molar-refractivity contribution is 5.91. The van der Waals surface area contributed by atoms with Crippen molar-refractivity contribution in [1.29, 1.82) is 0 Å². The van der Waals surface area contributed by atoms with Gasteiger partial charge < -0.3 is 5.11 Å². The predicted molar refractivity (Wildman–Crippen MR) is 55.7 cm³/mol. The lowest BCUT2D eigenvalue weighted by molar-refractivity contribution is 0.476. The van der Waals surface area contributed by atoms with E-state index in [1.807, 2.05) is 24.3 Å². The van der Waals surface area contributed by atoms with E-state index in [0.717, 1.165) is 16.3 Å². The molecule has 0 saturated heterocycles. The van der Waals surface area contributed by atoms with E-state index in [-0.39, 0.29) is 0 Å². The van der Waals surface area contributed by atoms with Gasteiger partial charge >= 0.3 is 0 Å². The minimum Gasteiger partial charge on any atom is -0.508 e. The van der Waals surface area contributed by atoms with E-state index in [1.54, 1.807) is 18.2 Å². The molecule has 2 rings (SSSR count). The molecular formula is C12H10O. The third kappa shape index (κ3) is 1.29. The molecule has 0 aliphatic heterocycles. The maximum Gasteiger partial charge on any atom is 0.116 e. The second kappa shape index (κ2) is 2.94. The average Bonchev–Trinajstić information content (AvgIpc) is 2.17. The second-order valence-electron chi connectivity index (χ2n) is 2.96. The van der Waals surface area contributed by atoms with Gasteiger partial charge in [0.05, 0.1) is 0 Å². The Hall–Kier alpha value is -1.76. The monoisotopic (exact) mass is 170 g/mol. The van der Waals surface area contributed by atoms with Crippen LogP contribution < -0.4 is 0 Å². The van der Waals surface area contributed by atoms with Crippen LogP contribution >= 0.6 is 0 Å². The zero-order valence-electron chi connectivity index (χ0n) is 7.20. The van der Waals surface area contributed by atoms with Crippen molar-refractivity contribution >= 4 is 16.8 Å². The van der Waals surface area contributed by atoms with Gasteiger partial charge in [-0.1, -0.05) is 36.9 Å². The molecule has 0 radical (unpaired) electrons. The third-order valence-corrected chi connectivity index (χ3v) is 2.12. The largest absolute Gasteiger partial charge is 0.508 e. The van der Waals surface area contributed by atoms with Gasteiger partial charge in [0.25, 0.3) is 0 Å².